The zero-order chi connectivity index (χ0) is 40.2. The van der Waals surface area contributed by atoms with Gasteiger partial charge in [0.1, 0.15) is 0 Å². The molecule has 1 aromatic heterocycles. The van der Waals surface area contributed by atoms with E-state index in [1.807, 2.05) is 47.0 Å². The monoisotopic (exact) mass is 693 g/mol. The summed E-state index contributed by atoms with van der Waals surface area (Å²) in [7, 11) is 0. The van der Waals surface area contributed by atoms with E-state index >= 15 is 0 Å². The third-order valence-electron chi connectivity index (χ3n) is 10.3. The van der Waals surface area contributed by atoms with Crippen molar-refractivity contribution < 1.29 is 6.85 Å². The summed E-state index contributed by atoms with van der Waals surface area (Å²) in [5.41, 5.74) is 10.9. The maximum absolute atomic E-state index is 8.97. The van der Waals surface area contributed by atoms with E-state index in [2.05, 4.69) is 150 Å². The molecule has 2 nitrogen and oxygen atoms in total. The predicted molar refractivity (Wildman–Crippen MR) is 229 cm³/mol. The molecule has 0 N–H and O–H groups in total. The fraction of sp³-hybridized carbons (Fsp3) is 0. The molecule has 254 valence electrons. The topological polar surface area (TPSA) is 8.17 Å². The summed E-state index contributed by atoms with van der Waals surface area (Å²) < 4.78 is 45.1. The lowest BCUT2D eigenvalue weighted by Crippen LogP contribution is -2.12. The molecular formula is C52H36N2. The highest BCUT2D eigenvalue weighted by Crippen LogP contribution is 2.47. The van der Waals surface area contributed by atoms with Crippen LogP contribution in [-0.2, 0) is 0 Å². The van der Waals surface area contributed by atoms with Crippen LogP contribution in [0.15, 0.2) is 218 Å². The van der Waals surface area contributed by atoms with Gasteiger partial charge in [0.05, 0.1) is 29.3 Å². The first-order chi connectivity index (χ1) is 28.9. The van der Waals surface area contributed by atoms with Crippen LogP contribution < -0.4 is 4.90 Å². The molecule has 10 aromatic rings. The first-order valence-electron chi connectivity index (χ1n) is 20.6. The van der Waals surface area contributed by atoms with Gasteiger partial charge < -0.3 is 9.47 Å². The standard InChI is InChI=1S/C52H36N2/c1-3-16-37(17-4-1)39-32-34-43(35-33-39)53(48-26-12-9-22-44(48)41-31-30-38-18-7-8-19-40(38)36-41)49-27-13-10-23-45(49)46-25-15-29-51-52(46)47-24-11-14-28-50(47)54(51)42-20-5-2-6-21-42/h1-36H/i2D,5D,6D,20D,21D. The van der Waals surface area contributed by atoms with Crippen molar-refractivity contribution in [3.8, 4) is 39.1 Å². The lowest BCUT2D eigenvalue weighted by Gasteiger charge is -2.30. The molecule has 10 rings (SSSR count). The molecule has 0 aliphatic heterocycles. The van der Waals surface area contributed by atoms with Gasteiger partial charge in [-0.2, -0.15) is 0 Å². The Labute approximate surface area is 322 Å². The van der Waals surface area contributed by atoms with Crippen LogP contribution in [0.2, 0.25) is 0 Å². The van der Waals surface area contributed by atoms with Gasteiger partial charge in [-0.3, -0.25) is 0 Å². The maximum Gasteiger partial charge on any atom is 0.0645 e. The van der Waals surface area contributed by atoms with Gasteiger partial charge in [0.2, 0.25) is 0 Å². The van der Waals surface area contributed by atoms with Gasteiger partial charge >= 0.3 is 0 Å². The van der Waals surface area contributed by atoms with Crippen LogP contribution in [0.3, 0.4) is 0 Å². The smallest absolute Gasteiger partial charge is 0.0645 e. The van der Waals surface area contributed by atoms with Crippen LogP contribution in [-0.4, -0.2) is 4.57 Å². The second-order valence-electron chi connectivity index (χ2n) is 13.4. The number of aromatic nitrogens is 1. The molecule has 0 saturated heterocycles. The number of nitrogens with zero attached hydrogens (tertiary/aromatic N) is 2. The first kappa shape index (κ1) is 26.6. The van der Waals surface area contributed by atoms with Crippen molar-refractivity contribution in [2.24, 2.45) is 0 Å². The number of benzene rings is 9. The predicted octanol–water partition coefficient (Wildman–Crippen LogP) is 14.4. The summed E-state index contributed by atoms with van der Waals surface area (Å²) in [5, 5.41) is 4.18. The van der Waals surface area contributed by atoms with Crippen LogP contribution in [0.25, 0.3) is 71.6 Å². The third-order valence-corrected chi connectivity index (χ3v) is 10.3. The number of para-hydroxylation sites is 4. The second kappa shape index (κ2) is 13.4. The number of anilines is 3. The maximum atomic E-state index is 8.97. The molecule has 0 unspecified atom stereocenters. The van der Waals surface area contributed by atoms with Gasteiger partial charge in [0.25, 0.3) is 0 Å². The van der Waals surface area contributed by atoms with Crippen molar-refractivity contribution >= 4 is 49.6 Å². The molecular weight excluding hydrogens is 653 g/mol. The number of hydrogen-bond donors (Lipinski definition) is 0. The normalized spacial score (nSPS) is 12.6. The quantitative estimate of drug-likeness (QED) is 0.161. The number of rotatable bonds is 7. The summed E-state index contributed by atoms with van der Waals surface area (Å²) >= 11 is 0. The molecule has 54 heavy (non-hydrogen) atoms. The summed E-state index contributed by atoms with van der Waals surface area (Å²) in [5.74, 6) is 0. The Morgan fingerprint density at radius 3 is 1.81 bits per heavy atom. The van der Waals surface area contributed by atoms with Gasteiger partial charge in [0, 0.05) is 33.3 Å². The van der Waals surface area contributed by atoms with E-state index in [1.54, 1.807) is 0 Å². The van der Waals surface area contributed by atoms with E-state index in [1.165, 1.54) is 10.8 Å². The van der Waals surface area contributed by atoms with Crippen LogP contribution in [0, 0.1) is 0 Å². The van der Waals surface area contributed by atoms with E-state index in [4.69, 9.17) is 6.85 Å². The summed E-state index contributed by atoms with van der Waals surface area (Å²) in [6, 6.07) is 63.4. The molecule has 9 aromatic carbocycles. The van der Waals surface area contributed by atoms with Gasteiger partial charge in [-0.05, 0) is 87.6 Å². The molecule has 0 saturated carbocycles. The minimum atomic E-state index is -0.417. The molecule has 1 heterocycles. The fourth-order valence-electron chi connectivity index (χ4n) is 7.85. The van der Waals surface area contributed by atoms with Crippen molar-refractivity contribution in [2.45, 2.75) is 0 Å². The second-order valence-corrected chi connectivity index (χ2v) is 13.4. The third kappa shape index (κ3) is 5.44. The summed E-state index contributed by atoms with van der Waals surface area (Å²) in [4.78, 5) is 2.34. The van der Waals surface area contributed by atoms with E-state index in [-0.39, 0.29) is 29.9 Å². The van der Waals surface area contributed by atoms with Crippen LogP contribution in [0.5, 0.6) is 0 Å². The Morgan fingerprint density at radius 1 is 0.407 bits per heavy atom. The molecule has 0 bridgehead atoms. The summed E-state index contributed by atoms with van der Waals surface area (Å²) in [6.45, 7) is 0. The van der Waals surface area contributed by atoms with Crippen LogP contribution in [0.4, 0.5) is 17.1 Å². The Morgan fingerprint density at radius 2 is 1.00 bits per heavy atom. The Hall–Kier alpha value is -7.16. The highest BCUT2D eigenvalue weighted by atomic mass is 15.1. The first-order valence-corrected chi connectivity index (χ1v) is 18.1. The average molecular weight is 694 g/mol. The molecule has 0 aliphatic carbocycles. The Kier molecular flexibility index (Phi) is 6.61. The van der Waals surface area contributed by atoms with Crippen LogP contribution >= 0.6 is 0 Å². The van der Waals surface area contributed by atoms with Crippen molar-refractivity contribution in [1.29, 1.82) is 0 Å². The lowest BCUT2D eigenvalue weighted by molar-refractivity contribution is 1.18. The average Bonchev–Trinajstić information content (AvgIpc) is 3.63. The van der Waals surface area contributed by atoms with E-state index < -0.39 is 6.04 Å². The molecule has 0 fully saturated rings. The minimum Gasteiger partial charge on any atom is -0.309 e. The lowest BCUT2D eigenvalue weighted by atomic mass is 9.95. The van der Waals surface area contributed by atoms with Crippen molar-refractivity contribution in [1.82, 2.24) is 4.57 Å². The zero-order valence-electron chi connectivity index (χ0n) is 34.3. The van der Waals surface area contributed by atoms with E-state index in [0.29, 0.717) is 0 Å². The van der Waals surface area contributed by atoms with Crippen molar-refractivity contribution in [3.63, 3.8) is 0 Å². The molecule has 2 heteroatoms. The number of fused-ring (bicyclic) bond motifs is 4. The highest BCUT2D eigenvalue weighted by molar-refractivity contribution is 6.17. The Balaban J connectivity index is 1.24. The van der Waals surface area contributed by atoms with Crippen LogP contribution in [0.1, 0.15) is 6.85 Å². The molecule has 0 aliphatic rings. The Bertz CT molecular complexity index is 3200. The summed E-state index contributed by atoms with van der Waals surface area (Å²) in [6.07, 6.45) is 0. The largest absolute Gasteiger partial charge is 0.309 e. The van der Waals surface area contributed by atoms with Gasteiger partial charge in [-0.15, -0.1) is 0 Å². The zero-order valence-corrected chi connectivity index (χ0v) is 29.3. The van der Waals surface area contributed by atoms with Gasteiger partial charge in [-0.25, -0.2) is 0 Å². The molecule has 0 spiro atoms. The minimum absolute atomic E-state index is 0.122. The van der Waals surface area contributed by atoms with Gasteiger partial charge in [0.15, 0.2) is 0 Å². The van der Waals surface area contributed by atoms with Crippen molar-refractivity contribution in [3.05, 3.63) is 218 Å². The van der Waals surface area contributed by atoms with Gasteiger partial charge in [-0.1, -0.05) is 164 Å². The van der Waals surface area contributed by atoms with E-state index in [0.717, 1.165) is 72.2 Å². The van der Waals surface area contributed by atoms with Crippen molar-refractivity contribution in [2.75, 3.05) is 4.90 Å². The fourth-order valence-corrected chi connectivity index (χ4v) is 7.85. The SMILES string of the molecule is [2H]c1c([2H])c([2H])c(-n2c3ccccc3c3c(-c4ccccc4N(c4ccc(-c5ccccc5)cc4)c4ccccc4-c4ccc5ccccc5c4)cccc32)c([2H])c1[2H]. The number of hydrogen-bond acceptors (Lipinski definition) is 1. The van der Waals surface area contributed by atoms with E-state index in [9.17, 15) is 0 Å². The molecule has 0 amide bonds. The highest BCUT2D eigenvalue weighted by Gasteiger charge is 2.23. The molecule has 0 atom stereocenters. The molecule has 0 radical (unpaired) electrons.